The van der Waals surface area contributed by atoms with E-state index >= 15 is 0 Å². The molecule has 5 N–H and O–H groups in total. The second-order valence-corrected chi connectivity index (χ2v) is 10.5. The smallest absolute Gasteiger partial charge is 0.338 e. The molecule has 4 rings (SSSR count). The monoisotopic (exact) mass is 529 g/mol. The van der Waals surface area contributed by atoms with Gasteiger partial charge in [-0.25, -0.2) is 18.6 Å². The fraction of sp³-hybridized carbons (Fsp3) is 0.0714. The molecule has 0 fully saturated rings. The third kappa shape index (κ3) is 6.48. The van der Waals surface area contributed by atoms with Crippen LogP contribution in [0.2, 0.25) is 0 Å². The van der Waals surface area contributed by atoms with Gasteiger partial charge in [-0.3, -0.25) is 5.01 Å². The zero-order valence-corrected chi connectivity index (χ0v) is 21.4. The molecule has 2 amide bonds. The van der Waals surface area contributed by atoms with Gasteiger partial charge in [0.1, 0.15) is 0 Å². The van der Waals surface area contributed by atoms with Crippen LogP contribution in [0.4, 0.5) is 16.2 Å². The molecule has 194 valence electrons. The first kappa shape index (κ1) is 26.2. The van der Waals surface area contributed by atoms with Crippen molar-refractivity contribution in [1.29, 1.82) is 0 Å². The zero-order chi connectivity index (χ0) is 27.1. The van der Waals surface area contributed by atoms with Gasteiger partial charge in [0.25, 0.3) is 0 Å². The quantitative estimate of drug-likeness (QED) is 0.114. The minimum absolute atomic E-state index is 0.0477. The molecule has 0 atom stereocenters. The van der Waals surface area contributed by atoms with E-state index in [1.165, 1.54) is 6.26 Å². The van der Waals surface area contributed by atoms with E-state index in [4.69, 9.17) is 10.9 Å². The third-order valence-corrected chi connectivity index (χ3v) is 6.88. The summed E-state index contributed by atoms with van der Waals surface area (Å²) in [5.41, 5.74) is 12.5. The Hall–Kier alpha value is -4.83. The molecule has 9 nitrogen and oxygen atoms in total. The minimum atomic E-state index is -3.40. The standard InChI is InChI=1S/C28H27N5O4S/c1-38(36,37)26-13-6-5-12-25(26)21-14-16-23(17-15-21)30-28(34)31-33(19-20-8-3-2-4-9-20)24-11-7-10-22(18-24)27(29)32-35/h2-18,35H,19H2,1H3,(H2,29,32)(H2,30,31,34). The number of anilines is 2. The highest BCUT2D eigenvalue weighted by Crippen LogP contribution is 2.28. The summed E-state index contributed by atoms with van der Waals surface area (Å²) in [6, 6.07) is 29.7. The molecule has 0 heterocycles. The lowest BCUT2D eigenvalue weighted by atomic mass is 10.1. The van der Waals surface area contributed by atoms with Gasteiger partial charge in [0.2, 0.25) is 0 Å². The van der Waals surface area contributed by atoms with E-state index < -0.39 is 15.9 Å². The van der Waals surface area contributed by atoms with Gasteiger partial charge in [0.05, 0.1) is 17.1 Å². The molecule has 4 aromatic carbocycles. The number of hydrogen-bond donors (Lipinski definition) is 4. The van der Waals surface area contributed by atoms with Crippen molar-refractivity contribution >= 4 is 33.1 Å². The SMILES string of the molecule is CS(=O)(=O)c1ccccc1-c1ccc(NC(=O)NN(Cc2ccccc2)c2cccc(C(N)=NO)c2)cc1. The van der Waals surface area contributed by atoms with Crippen LogP contribution in [0.3, 0.4) is 0 Å². The lowest BCUT2D eigenvalue weighted by molar-refractivity contribution is 0.251. The molecule has 0 aliphatic heterocycles. The summed E-state index contributed by atoms with van der Waals surface area (Å²) >= 11 is 0. The lowest BCUT2D eigenvalue weighted by Gasteiger charge is -2.26. The summed E-state index contributed by atoms with van der Waals surface area (Å²) in [7, 11) is -3.40. The predicted octanol–water partition coefficient (Wildman–Crippen LogP) is 4.59. The highest BCUT2D eigenvalue weighted by molar-refractivity contribution is 7.90. The number of amidine groups is 1. The van der Waals surface area contributed by atoms with Crippen molar-refractivity contribution in [2.75, 3.05) is 16.6 Å². The number of oxime groups is 1. The molecule has 0 aliphatic rings. The molecule has 38 heavy (non-hydrogen) atoms. The van der Waals surface area contributed by atoms with Crippen molar-refractivity contribution in [1.82, 2.24) is 5.43 Å². The van der Waals surface area contributed by atoms with Crippen LogP contribution in [-0.2, 0) is 16.4 Å². The van der Waals surface area contributed by atoms with Gasteiger partial charge in [-0.05, 0) is 41.5 Å². The Labute approximate surface area is 221 Å². The highest BCUT2D eigenvalue weighted by atomic mass is 32.2. The fourth-order valence-electron chi connectivity index (χ4n) is 3.90. The van der Waals surface area contributed by atoms with Crippen LogP contribution < -0.4 is 21.5 Å². The summed E-state index contributed by atoms with van der Waals surface area (Å²) < 4.78 is 24.3. The predicted molar refractivity (Wildman–Crippen MR) is 149 cm³/mol. The Morgan fingerprint density at radius 1 is 0.921 bits per heavy atom. The minimum Gasteiger partial charge on any atom is -0.409 e. The molecule has 0 saturated heterocycles. The summed E-state index contributed by atoms with van der Waals surface area (Å²) in [4.78, 5) is 13.2. The first-order valence-electron chi connectivity index (χ1n) is 11.6. The number of amides is 2. The maximum absolute atomic E-state index is 13.0. The first-order chi connectivity index (χ1) is 18.2. The van der Waals surface area contributed by atoms with Crippen LogP contribution in [0, 0.1) is 0 Å². The number of carbonyl (C=O) groups is 1. The Bertz CT molecular complexity index is 1560. The zero-order valence-electron chi connectivity index (χ0n) is 20.6. The largest absolute Gasteiger partial charge is 0.409 e. The Morgan fingerprint density at radius 3 is 2.29 bits per heavy atom. The number of urea groups is 1. The summed E-state index contributed by atoms with van der Waals surface area (Å²) in [6.07, 6.45) is 1.17. The van der Waals surface area contributed by atoms with Crippen LogP contribution >= 0.6 is 0 Å². The topological polar surface area (TPSA) is 137 Å². The second kappa shape index (κ2) is 11.5. The first-order valence-corrected chi connectivity index (χ1v) is 13.5. The molecular formula is C28H27N5O4S. The molecule has 0 aliphatic carbocycles. The van der Waals surface area contributed by atoms with Crippen LogP contribution in [0.15, 0.2) is 113 Å². The van der Waals surface area contributed by atoms with Crippen LogP contribution in [-0.4, -0.2) is 31.7 Å². The molecule has 0 radical (unpaired) electrons. The third-order valence-electron chi connectivity index (χ3n) is 5.72. The average Bonchev–Trinajstić information content (AvgIpc) is 2.93. The number of nitrogens with two attached hydrogens (primary N) is 1. The van der Waals surface area contributed by atoms with Crippen molar-refractivity contribution in [3.63, 3.8) is 0 Å². The van der Waals surface area contributed by atoms with Gasteiger partial charge in [-0.2, -0.15) is 0 Å². The Kier molecular flexibility index (Phi) is 7.93. The van der Waals surface area contributed by atoms with E-state index in [1.807, 2.05) is 30.3 Å². The molecule has 0 spiro atoms. The van der Waals surface area contributed by atoms with Crippen molar-refractivity contribution in [2.24, 2.45) is 10.9 Å². The van der Waals surface area contributed by atoms with Gasteiger partial charge in [0.15, 0.2) is 15.7 Å². The van der Waals surface area contributed by atoms with E-state index in [0.29, 0.717) is 34.6 Å². The molecule has 4 aromatic rings. The normalized spacial score (nSPS) is 11.6. The van der Waals surface area contributed by atoms with Gasteiger partial charge in [0, 0.05) is 23.1 Å². The van der Waals surface area contributed by atoms with Crippen LogP contribution in [0.25, 0.3) is 11.1 Å². The van der Waals surface area contributed by atoms with Crippen LogP contribution in [0.1, 0.15) is 11.1 Å². The van der Waals surface area contributed by atoms with E-state index in [1.54, 1.807) is 77.8 Å². The molecule has 0 unspecified atom stereocenters. The summed E-state index contributed by atoms with van der Waals surface area (Å²) in [6.45, 7) is 0.356. The van der Waals surface area contributed by atoms with E-state index in [9.17, 15) is 13.2 Å². The van der Waals surface area contributed by atoms with Gasteiger partial charge < -0.3 is 16.3 Å². The van der Waals surface area contributed by atoms with E-state index in [-0.39, 0.29) is 10.7 Å². The molecule has 0 aromatic heterocycles. The molecule has 0 bridgehead atoms. The maximum Gasteiger partial charge on any atom is 0.338 e. The van der Waals surface area contributed by atoms with Crippen molar-refractivity contribution in [2.45, 2.75) is 11.4 Å². The van der Waals surface area contributed by atoms with Gasteiger partial charge in [-0.15, -0.1) is 0 Å². The number of hydrazine groups is 1. The van der Waals surface area contributed by atoms with Gasteiger partial charge in [-0.1, -0.05) is 78.0 Å². The molecule has 0 saturated carbocycles. The number of benzene rings is 4. The van der Waals surface area contributed by atoms with E-state index in [0.717, 1.165) is 5.56 Å². The lowest BCUT2D eigenvalue weighted by Crippen LogP contribution is -2.44. The van der Waals surface area contributed by atoms with Crippen molar-refractivity contribution in [3.8, 4) is 11.1 Å². The maximum atomic E-state index is 13.0. The van der Waals surface area contributed by atoms with E-state index in [2.05, 4.69) is 15.9 Å². The van der Waals surface area contributed by atoms with Gasteiger partial charge >= 0.3 is 6.03 Å². The number of sulfone groups is 1. The summed E-state index contributed by atoms with van der Waals surface area (Å²) in [5, 5.41) is 16.5. The summed E-state index contributed by atoms with van der Waals surface area (Å²) in [5.74, 6) is -0.0477. The highest BCUT2D eigenvalue weighted by Gasteiger charge is 2.15. The molecular weight excluding hydrogens is 502 g/mol. The van der Waals surface area contributed by atoms with Crippen LogP contribution in [0.5, 0.6) is 0 Å². The Balaban J connectivity index is 1.54. The average molecular weight is 530 g/mol. The number of nitrogens with one attached hydrogen (secondary N) is 2. The van der Waals surface area contributed by atoms with Crippen molar-refractivity contribution < 1.29 is 18.4 Å². The number of rotatable bonds is 8. The van der Waals surface area contributed by atoms with Crippen molar-refractivity contribution in [3.05, 3.63) is 114 Å². The molecule has 10 heteroatoms. The Morgan fingerprint density at radius 2 is 1.61 bits per heavy atom. The second-order valence-electron chi connectivity index (χ2n) is 8.52. The number of carbonyl (C=O) groups excluding carboxylic acids is 1. The number of hydrogen-bond acceptors (Lipinski definition) is 6. The number of nitrogens with zero attached hydrogens (tertiary/aromatic N) is 2. The fourth-order valence-corrected chi connectivity index (χ4v) is 4.81.